The van der Waals surface area contributed by atoms with E-state index in [0.717, 1.165) is 0 Å². The normalized spacial score (nSPS) is 28.0. The zero-order chi connectivity index (χ0) is 25.3. The number of aliphatic carboxylic acids is 1. The van der Waals surface area contributed by atoms with E-state index in [1.165, 1.54) is 6.92 Å². The number of carboxylic acids is 1. The zero-order valence-corrected chi connectivity index (χ0v) is 19.2. The Morgan fingerprint density at radius 2 is 1.61 bits per heavy atom. The Morgan fingerprint density at radius 3 is 2.12 bits per heavy atom. The molecule has 0 radical (unpaired) electrons. The Labute approximate surface area is 194 Å². The number of aliphatic hydroxyl groups excluding tert-OH is 1. The summed E-state index contributed by atoms with van der Waals surface area (Å²) in [6.07, 6.45) is -0.619. The highest BCUT2D eigenvalue weighted by molar-refractivity contribution is 8.00. The molecule has 9 N–H and O–H groups in total. The van der Waals surface area contributed by atoms with Gasteiger partial charge in [-0.2, -0.15) is 0 Å². The van der Waals surface area contributed by atoms with Crippen molar-refractivity contribution in [3.05, 3.63) is 0 Å². The van der Waals surface area contributed by atoms with Crippen LogP contribution < -0.4 is 32.3 Å². The third-order valence-electron chi connectivity index (χ3n) is 4.38. The number of aliphatic hydroxyl groups is 1. The van der Waals surface area contributed by atoms with E-state index >= 15 is 0 Å². The molecule has 0 aliphatic carbocycles. The SMILES string of the molecule is CC(C)N[C@H]1CSC(C(=O)O)NC(=O)C(CC(N)=O)NC(=O)[C@H](C)NC(=O)C(CO)NC1=O. The maximum absolute atomic E-state index is 12.7. The Hall–Kier alpha value is -2.91. The van der Waals surface area contributed by atoms with E-state index in [4.69, 9.17) is 5.73 Å². The van der Waals surface area contributed by atoms with E-state index in [9.17, 15) is 39.0 Å². The number of primary amides is 1. The van der Waals surface area contributed by atoms with Crippen LogP contribution in [0.3, 0.4) is 0 Å². The van der Waals surface area contributed by atoms with E-state index in [2.05, 4.69) is 26.6 Å². The largest absolute Gasteiger partial charge is 0.479 e. The molecule has 1 rings (SSSR count). The minimum Gasteiger partial charge on any atom is -0.479 e. The first-order valence-corrected chi connectivity index (χ1v) is 11.1. The van der Waals surface area contributed by atoms with Crippen LogP contribution in [0.1, 0.15) is 27.2 Å². The summed E-state index contributed by atoms with van der Waals surface area (Å²) in [6.45, 7) is 4.00. The van der Waals surface area contributed by atoms with E-state index in [1.54, 1.807) is 13.8 Å². The fourth-order valence-corrected chi connectivity index (χ4v) is 3.73. The van der Waals surface area contributed by atoms with Crippen LogP contribution in [0.25, 0.3) is 0 Å². The Morgan fingerprint density at radius 1 is 1.03 bits per heavy atom. The number of thioether (sulfide) groups is 1. The lowest BCUT2D eigenvalue weighted by atomic mass is 10.1. The summed E-state index contributed by atoms with van der Waals surface area (Å²) >= 11 is 0.704. The number of carboxylic acid groups (broad SMARTS) is 1. The molecule has 0 saturated carbocycles. The molecule has 5 amide bonds. The molecule has 1 heterocycles. The first-order valence-electron chi connectivity index (χ1n) is 10.1. The summed E-state index contributed by atoms with van der Waals surface area (Å²) in [4.78, 5) is 73.3. The van der Waals surface area contributed by atoms with Crippen LogP contribution in [0.15, 0.2) is 0 Å². The van der Waals surface area contributed by atoms with Crippen molar-refractivity contribution in [2.24, 2.45) is 5.73 Å². The van der Waals surface area contributed by atoms with Gasteiger partial charge >= 0.3 is 5.97 Å². The number of rotatable bonds is 6. The highest BCUT2D eigenvalue weighted by Crippen LogP contribution is 2.13. The summed E-state index contributed by atoms with van der Waals surface area (Å²) in [5.74, 6) is -5.91. The third-order valence-corrected chi connectivity index (χ3v) is 5.56. The first kappa shape index (κ1) is 28.1. The number of hydrogen-bond donors (Lipinski definition) is 8. The topological polar surface area (TPSA) is 229 Å². The van der Waals surface area contributed by atoms with Crippen LogP contribution in [0.4, 0.5) is 0 Å². The molecule has 33 heavy (non-hydrogen) atoms. The van der Waals surface area contributed by atoms with Gasteiger partial charge in [0, 0.05) is 11.8 Å². The molecule has 186 valence electrons. The lowest BCUT2D eigenvalue weighted by molar-refractivity contribution is -0.140. The van der Waals surface area contributed by atoms with Gasteiger partial charge in [-0.05, 0) is 6.92 Å². The zero-order valence-electron chi connectivity index (χ0n) is 18.4. The molecule has 1 aliphatic rings. The molecule has 0 aromatic heterocycles. The Kier molecular flexibility index (Phi) is 11.0. The Bertz CT molecular complexity index is 779. The summed E-state index contributed by atoms with van der Waals surface area (Å²) < 4.78 is 0. The second-order valence-electron chi connectivity index (χ2n) is 7.64. The van der Waals surface area contributed by atoms with Crippen LogP contribution >= 0.6 is 11.8 Å². The lowest BCUT2D eigenvalue weighted by Gasteiger charge is -2.24. The maximum Gasteiger partial charge on any atom is 0.336 e. The molecule has 1 saturated heterocycles. The standard InChI is InChI=1S/C18H30N6O8S/c1-7(2)20-11-6-33-17(18(31)32)24-14(28)9(4-12(19)26)22-13(27)8(3)21-15(29)10(5-25)23-16(11)30/h7-11,17,20,25H,4-6H2,1-3H3,(H2,19,26)(H,21,29)(H,22,27)(H,23,30)(H,24,28)(H,31,32)/t8-,9?,10?,11-,17?/m0/s1. The second-order valence-corrected chi connectivity index (χ2v) is 8.78. The quantitative estimate of drug-likeness (QED) is 0.180. The minimum absolute atomic E-state index is 0.135. The summed E-state index contributed by atoms with van der Waals surface area (Å²) in [6, 6.07) is -5.31. The molecular formula is C18H30N6O8S. The molecule has 0 spiro atoms. The number of carbonyl (C=O) groups excluding carboxylic acids is 5. The molecule has 1 fully saturated rings. The van der Waals surface area contributed by atoms with Crippen molar-refractivity contribution in [1.82, 2.24) is 26.6 Å². The fraction of sp³-hybridized carbons (Fsp3) is 0.667. The molecule has 15 heteroatoms. The van der Waals surface area contributed by atoms with Gasteiger partial charge in [0.1, 0.15) is 18.1 Å². The smallest absolute Gasteiger partial charge is 0.336 e. The van der Waals surface area contributed by atoms with Gasteiger partial charge in [0.2, 0.25) is 29.5 Å². The summed E-state index contributed by atoms with van der Waals surface area (Å²) in [5, 5.41) is 29.6. The van der Waals surface area contributed by atoms with Crippen LogP contribution in [-0.2, 0) is 28.8 Å². The van der Waals surface area contributed by atoms with Gasteiger partial charge in [0.25, 0.3) is 0 Å². The number of nitrogens with one attached hydrogen (secondary N) is 5. The van der Waals surface area contributed by atoms with E-state index < -0.39 is 78.1 Å². The van der Waals surface area contributed by atoms with Gasteiger partial charge < -0.3 is 42.5 Å². The summed E-state index contributed by atoms with van der Waals surface area (Å²) in [7, 11) is 0. The molecule has 5 atom stereocenters. The molecule has 3 unspecified atom stereocenters. The van der Waals surface area contributed by atoms with Crippen LogP contribution in [0, 0.1) is 0 Å². The van der Waals surface area contributed by atoms with Crippen LogP contribution in [-0.4, -0.2) is 93.7 Å². The number of nitrogens with two attached hydrogens (primary N) is 1. The van der Waals surface area contributed by atoms with Crippen molar-refractivity contribution in [3.63, 3.8) is 0 Å². The highest BCUT2D eigenvalue weighted by atomic mass is 32.2. The van der Waals surface area contributed by atoms with Crippen molar-refractivity contribution in [2.75, 3.05) is 12.4 Å². The van der Waals surface area contributed by atoms with Crippen LogP contribution in [0.2, 0.25) is 0 Å². The molecular weight excluding hydrogens is 460 g/mol. The van der Waals surface area contributed by atoms with Gasteiger partial charge in [0.15, 0.2) is 5.37 Å². The Balaban J connectivity index is 3.31. The predicted octanol–water partition coefficient (Wildman–Crippen LogP) is -4.03. The summed E-state index contributed by atoms with van der Waals surface area (Å²) in [5.41, 5.74) is 5.14. The van der Waals surface area contributed by atoms with Gasteiger partial charge in [0.05, 0.1) is 19.1 Å². The molecule has 0 aromatic rings. The van der Waals surface area contributed by atoms with Crippen LogP contribution in [0.5, 0.6) is 0 Å². The highest BCUT2D eigenvalue weighted by Gasteiger charge is 2.33. The molecule has 14 nitrogen and oxygen atoms in total. The minimum atomic E-state index is -1.52. The fourth-order valence-electron chi connectivity index (χ4n) is 2.75. The van der Waals surface area contributed by atoms with Gasteiger partial charge in [-0.1, -0.05) is 13.8 Å². The monoisotopic (exact) mass is 490 g/mol. The van der Waals surface area contributed by atoms with Crippen molar-refractivity contribution in [1.29, 1.82) is 0 Å². The molecule has 0 aromatic carbocycles. The van der Waals surface area contributed by atoms with Crippen molar-refractivity contribution >= 4 is 47.3 Å². The van der Waals surface area contributed by atoms with E-state index in [-0.39, 0.29) is 11.8 Å². The maximum atomic E-state index is 12.7. The lowest BCUT2D eigenvalue weighted by Crippen LogP contribution is -2.58. The average Bonchev–Trinajstić information content (AvgIpc) is 2.71. The van der Waals surface area contributed by atoms with Crippen molar-refractivity contribution in [2.45, 2.75) is 62.8 Å². The van der Waals surface area contributed by atoms with Crippen molar-refractivity contribution in [3.8, 4) is 0 Å². The van der Waals surface area contributed by atoms with Gasteiger partial charge in [-0.15, -0.1) is 11.8 Å². The number of amides is 5. The second kappa shape index (κ2) is 13.0. The number of carbonyl (C=O) groups is 6. The van der Waals surface area contributed by atoms with Gasteiger partial charge in [-0.25, -0.2) is 4.79 Å². The van der Waals surface area contributed by atoms with Gasteiger partial charge in [-0.3, -0.25) is 24.0 Å². The molecule has 1 aliphatic heterocycles. The number of hydrogen-bond acceptors (Lipinski definition) is 9. The predicted molar refractivity (Wildman–Crippen MR) is 116 cm³/mol. The first-order chi connectivity index (χ1) is 15.3. The van der Waals surface area contributed by atoms with E-state index in [1.807, 2.05) is 0 Å². The van der Waals surface area contributed by atoms with Crippen molar-refractivity contribution < 1.29 is 39.0 Å². The molecule has 0 bridgehead atoms. The third kappa shape index (κ3) is 9.23. The average molecular weight is 491 g/mol. The van der Waals surface area contributed by atoms with E-state index in [0.29, 0.717) is 11.8 Å².